The summed E-state index contributed by atoms with van der Waals surface area (Å²) in [5.74, 6) is -4.34. The summed E-state index contributed by atoms with van der Waals surface area (Å²) in [6, 6.07) is 0. The number of methoxy groups -OCH3 is 4. The highest BCUT2D eigenvalue weighted by Gasteiger charge is 2.96. The molecule has 10 aliphatic rings. The Morgan fingerprint density at radius 1 is 0.465 bits per heavy atom. The van der Waals surface area contributed by atoms with Crippen molar-refractivity contribution in [3.63, 3.8) is 0 Å². The van der Waals surface area contributed by atoms with Crippen molar-refractivity contribution in [2.24, 2.45) is 82.9 Å². The van der Waals surface area contributed by atoms with Crippen molar-refractivity contribution in [2.75, 3.05) is 28.4 Å². The maximum Gasteiger partial charge on any atom is 0.338 e. The van der Waals surface area contributed by atoms with Crippen molar-refractivity contribution in [1.82, 2.24) is 0 Å². The minimum Gasteiger partial charge on any atom is -0.467 e. The molecule has 0 aromatic rings. The van der Waals surface area contributed by atoms with Crippen LogP contribution in [0.25, 0.3) is 0 Å². The molecule has 4 saturated carbocycles. The van der Waals surface area contributed by atoms with Gasteiger partial charge in [-0.05, 0) is 54.8 Å². The predicted octanol–water partition coefficient (Wildman–Crippen LogP) is 1.71. The van der Waals surface area contributed by atoms with E-state index in [1.54, 1.807) is 0 Å². The molecule has 4 heterocycles. The quantitative estimate of drug-likeness (QED) is 0.271. The largest absolute Gasteiger partial charge is 0.467 e. The van der Waals surface area contributed by atoms with Crippen LogP contribution in [0.3, 0.4) is 0 Å². The van der Waals surface area contributed by atoms with Gasteiger partial charge >= 0.3 is 23.9 Å². The van der Waals surface area contributed by atoms with Gasteiger partial charge in [0.05, 0.1) is 28.4 Å². The second-order valence-electron chi connectivity index (χ2n) is 15.0. The van der Waals surface area contributed by atoms with Gasteiger partial charge in [0.1, 0.15) is 0 Å². The molecule has 43 heavy (non-hydrogen) atoms. The van der Waals surface area contributed by atoms with Crippen LogP contribution in [-0.4, -0.2) is 74.7 Å². The van der Waals surface area contributed by atoms with Gasteiger partial charge in [-0.2, -0.15) is 0 Å². The van der Waals surface area contributed by atoms with Crippen molar-refractivity contribution >= 4 is 23.9 Å². The minimum atomic E-state index is -1.35. The molecule has 4 saturated heterocycles. The third-order valence-electron chi connectivity index (χ3n) is 14.7. The van der Waals surface area contributed by atoms with Gasteiger partial charge in [0.2, 0.25) is 0 Å². The lowest BCUT2D eigenvalue weighted by atomic mass is 9.43. The predicted molar refractivity (Wildman–Crippen MR) is 142 cm³/mol. The zero-order valence-corrected chi connectivity index (χ0v) is 24.6. The highest BCUT2D eigenvalue weighted by Crippen LogP contribution is 2.86. The van der Waals surface area contributed by atoms with Crippen LogP contribution in [0.5, 0.6) is 0 Å². The van der Waals surface area contributed by atoms with Gasteiger partial charge in [0, 0.05) is 47.3 Å². The van der Waals surface area contributed by atoms with E-state index in [1.807, 2.05) is 0 Å². The number of carbonyl (C=O) groups excluding carboxylic acids is 4. The van der Waals surface area contributed by atoms with Gasteiger partial charge in [-0.1, -0.05) is 24.3 Å². The molecule has 10 bridgehead atoms. The Bertz CT molecular complexity index is 1280. The number of rotatable bonds is 4. The molecule has 0 radical (unpaired) electrons. The third kappa shape index (κ3) is 2.15. The fraction of sp³-hybridized carbons (Fsp3) is 0.758. The molecule has 228 valence electrons. The Morgan fingerprint density at radius 3 is 0.953 bits per heavy atom. The van der Waals surface area contributed by atoms with Crippen molar-refractivity contribution in [3.8, 4) is 0 Å². The Balaban J connectivity index is 1.23. The molecular weight excluding hydrogens is 556 g/mol. The summed E-state index contributed by atoms with van der Waals surface area (Å²) in [4.78, 5) is 56.7. The van der Waals surface area contributed by atoms with Gasteiger partial charge in [-0.15, -0.1) is 0 Å². The van der Waals surface area contributed by atoms with Crippen LogP contribution in [0, 0.1) is 82.9 Å². The topological polar surface area (TPSA) is 124 Å². The molecule has 0 N–H and O–H groups in total. The molecule has 6 aliphatic carbocycles. The first-order valence-corrected chi connectivity index (χ1v) is 15.8. The van der Waals surface area contributed by atoms with E-state index in [9.17, 15) is 19.2 Å². The molecule has 2 unspecified atom stereocenters. The van der Waals surface area contributed by atoms with Crippen LogP contribution < -0.4 is 0 Å². The third-order valence-corrected chi connectivity index (χ3v) is 14.7. The average Bonchev–Trinajstić information content (AvgIpc) is 3.87. The number of ether oxygens (including phenoxy) is 6. The van der Waals surface area contributed by atoms with Crippen LogP contribution in [0.2, 0.25) is 0 Å². The summed E-state index contributed by atoms with van der Waals surface area (Å²) in [6.07, 6.45) is 11.1. The molecule has 0 spiro atoms. The molecule has 18 atom stereocenters. The number of hydrogen-bond donors (Lipinski definition) is 0. The Kier molecular flexibility index (Phi) is 4.40. The lowest BCUT2D eigenvalue weighted by molar-refractivity contribution is -0.192. The number of allylic oxidation sites excluding steroid dienone is 4. The van der Waals surface area contributed by atoms with Crippen LogP contribution in [0.4, 0.5) is 0 Å². The van der Waals surface area contributed by atoms with Crippen LogP contribution >= 0.6 is 0 Å². The first-order chi connectivity index (χ1) is 20.7. The smallest absolute Gasteiger partial charge is 0.338 e. The first-order valence-electron chi connectivity index (χ1n) is 15.8. The van der Waals surface area contributed by atoms with Crippen LogP contribution in [0.15, 0.2) is 24.3 Å². The molecule has 4 aliphatic heterocycles. The van der Waals surface area contributed by atoms with Crippen molar-refractivity contribution in [2.45, 2.75) is 41.7 Å². The van der Waals surface area contributed by atoms with E-state index in [1.165, 1.54) is 28.4 Å². The fourth-order valence-corrected chi connectivity index (χ4v) is 14.6. The maximum absolute atomic E-state index is 14.2. The minimum absolute atomic E-state index is 0.0869. The normalized spacial score (nSPS) is 60.2. The Labute approximate surface area is 248 Å². The monoisotopic (exact) mass is 592 g/mol. The zero-order chi connectivity index (χ0) is 29.6. The van der Waals surface area contributed by atoms with Gasteiger partial charge in [0.25, 0.3) is 0 Å². The molecule has 10 nitrogen and oxygen atoms in total. The van der Waals surface area contributed by atoms with Crippen molar-refractivity contribution in [1.29, 1.82) is 0 Å². The van der Waals surface area contributed by atoms with E-state index in [2.05, 4.69) is 24.3 Å². The first kappa shape index (κ1) is 25.6. The van der Waals surface area contributed by atoms with E-state index in [0.29, 0.717) is 6.42 Å². The second-order valence-corrected chi connectivity index (χ2v) is 15.0. The van der Waals surface area contributed by atoms with Crippen molar-refractivity contribution < 1.29 is 47.6 Å². The molecule has 0 amide bonds. The van der Waals surface area contributed by atoms with Crippen LogP contribution in [-0.2, 0) is 47.6 Å². The van der Waals surface area contributed by atoms with E-state index >= 15 is 0 Å². The Morgan fingerprint density at radius 2 is 0.721 bits per heavy atom. The molecule has 10 rings (SSSR count). The zero-order valence-electron chi connectivity index (χ0n) is 24.6. The Hall–Kier alpha value is -2.72. The summed E-state index contributed by atoms with van der Waals surface area (Å²) >= 11 is 0. The summed E-state index contributed by atoms with van der Waals surface area (Å²) in [5.41, 5.74) is -5.40. The van der Waals surface area contributed by atoms with E-state index in [4.69, 9.17) is 28.4 Å². The van der Waals surface area contributed by atoms with Crippen molar-refractivity contribution in [3.05, 3.63) is 24.3 Å². The van der Waals surface area contributed by atoms with E-state index in [-0.39, 0.29) is 82.9 Å². The molecule has 8 fully saturated rings. The molecular formula is C33H36O10. The summed E-state index contributed by atoms with van der Waals surface area (Å²) in [7, 11) is 5.54. The average molecular weight is 593 g/mol. The SMILES string of the molecule is COC(=O)[C@@]12O[C@@](C(=O)OC)([C@@H]3[C@H]1[C@H]1C=C[C@@H]3C1)[C@@H]1C3CC([C@@H]4[C@H]3[C@]3(C(=O)OC)O[C@@]4(C(=O)OC)[C@@H]4[C@H]3[C@H]3C=C[C@@H]4C3)[C@@H]12. The summed E-state index contributed by atoms with van der Waals surface area (Å²) in [6.45, 7) is 0. The van der Waals surface area contributed by atoms with E-state index < -0.39 is 46.3 Å². The fourth-order valence-electron chi connectivity index (χ4n) is 14.6. The number of fused-ring (bicyclic) bond motifs is 30. The van der Waals surface area contributed by atoms with Gasteiger partial charge in [0.15, 0.2) is 22.4 Å². The number of esters is 4. The highest BCUT2D eigenvalue weighted by molar-refractivity contribution is 5.92. The van der Waals surface area contributed by atoms with Crippen LogP contribution in [0.1, 0.15) is 19.3 Å². The molecule has 0 aromatic carbocycles. The molecule has 0 aromatic heterocycles. The lowest BCUT2D eigenvalue weighted by Gasteiger charge is -2.55. The summed E-state index contributed by atoms with van der Waals surface area (Å²) < 4.78 is 36.2. The lowest BCUT2D eigenvalue weighted by Crippen LogP contribution is -2.67. The van der Waals surface area contributed by atoms with Gasteiger partial charge in [-0.3, -0.25) is 0 Å². The number of carbonyl (C=O) groups is 4. The standard InChI is InChI=1S/C33H36O10/c1-38-26(34)30-18-12-5-6-13(9-12)19(18)31(42-30,27(35)39-2)23-17-11-16(22(23)30)24-25(17)33(29(37)41-4)21-15-8-7-14(10-15)20(21)32(24,43-33)28(36)40-3/h5-8,12-25H,9-11H2,1-4H3/t12-,13+,14+,15-,16?,17?,18+,19-,20-,21+,22-,23+,24+,25-,30+,31-,32-,33+. The molecule has 10 heteroatoms. The van der Waals surface area contributed by atoms with Gasteiger partial charge < -0.3 is 28.4 Å². The van der Waals surface area contributed by atoms with E-state index in [0.717, 1.165) is 12.8 Å². The maximum atomic E-state index is 14.2. The number of hydrogen-bond acceptors (Lipinski definition) is 10. The summed E-state index contributed by atoms with van der Waals surface area (Å²) in [5, 5.41) is 0. The highest BCUT2D eigenvalue weighted by atomic mass is 16.6. The van der Waals surface area contributed by atoms with Gasteiger partial charge in [-0.25, -0.2) is 19.2 Å². The second kappa shape index (κ2) is 7.39.